The van der Waals surface area contributed by atoms with Crippen molar-refractivity contribution >= 4 is 22.5 Å². The highest BCUT2D eigenvalue weighted by molar-refractivity contribution is 6.28. The number of hydrogen-bond acceptors (Lipinski definition) is 5. The number of halogens is 2. The maximum absolute atomic E-state index is 14.7. The van der Waals surface area contributed by atoms with Gasteiger partial charge in [0.25, 0.3) is 0 Å². The maximum atomic E-state index is 14.7. The molecule has 2 aromatic heterocycles. The molecule has 3 aromatic rings. The Bertz CT molecular complexity index is 874. The molecule has 0 aliphatic carbocycles. The molecule has 0 radical (unpaired) electrons. The van der Waals surface area contributed by atoms with Crippen molar-refractivity contribution in [3.63, 3.8) is 0 Å². The third kappa shape index (κ3) is 2.66. The van der Waals surface area contributed by atoms with E-state index >= 15 is 0 Å². The Labute approximate surface area is 137 Å². The van der Waals surface area contributed by atoms with Crippen LogP contribution in [0.25, 0.3) is 22.2 Å². The standard InChI is InChI=1S/C16H13ClFN3O2/c1-8-12(22-2)5-13(23-3)15(18)14(8)10-4-9-6-20-16(17)21-11(9)7-19-10/h4-7H,1-3H3. The van der Waals surface area contributed by atoms with Crippen molar-refractivity contribution in [3.8, 4) is 22.8 Å². The summed E-state index contributed by atoms with van der Waals surface area (Å²) in [6.45, 7) is 1.76. The van der Waals surface area contributed by atoms with E-state index in [1.807, 2.05) is 0 Å². The van der Waals surface area contributed by atoms with Gasteiger partial charge in [-0.15, -0.1) is 0 Å². The van der Waals surface area contributed by atoms with Crippen LogP contribution in [0.5, 0.6) is 11.5 Å². The minimum absolute atomic E-state index is 0.0942. The second-order valence-electron chi connectivity index (χ2n) is 4.86. The first-order valence-electron chi connectivity index (χ1n) is 6.75. The Kier molecular flexibility index (Phi) is 4.00. The summed E-state index contributed by atoms with van der Waals surface area (Å²) in [6, 6.07) is 3.22. The zero-order valence-electron chi connectivity index (χ0n) is 12.7. The lowest BCUT2D eigenvalue weighted by Crippen LogP contribution is -2.00. The van der Waals surface area contributed by atoms with Gasteiger partial charge in [-0.1, -0.05) is 0 Å². The molecule has 0 atom stereocenters. The Morgan fingerprint density at radius 1 is 1.04 bits per heavy atom. The van der Waals surface area contributed by atoms with E-state index in [1.54, 1.807) is 19.2 Å². The van der Waals surface area contributed by atoms with Crippen molar-refractivity contribution in [1.29, 1.82) is 0 Å². The van der Waals surface area contributed by atoms with Crippen molar-refractivity contribution in [1.82, 2.24) is 15.0 Å². The molecule has 0 amide bonds. The lowest BCUT2D eigenvalue weighted by Gasteiger charge is -2.14. The SMILES string of the molecule is COc1cc(OC)c(F)c(-c2cc3cnc(Cl)nc3cn2)c1C. The van der Waals surface area contributed by atoms with Gasteiger partial charge in [0.15, 0.2) is 11.6 Å². The highest BCUT2D eigenvalue weighted by Gasteiger charge is 2.19. The van der Waals surface area contributed by atoms with E-state index in [0.29, 0.717) is 33.5 Å². The van der Waals surface area contributed by atoms with Crippen LogP contribution in [0.1, 0.15) is 5.56 Å². The number of rotatable bonds is 3. The highest BCUT2D eigenvalue weighted by atomic mass is 35.5. The molecule has 118 valence electrons. The van der Waals surface area contributed by atoms with Crippen molar-refractivity contribution in [2.45, 2.75) is 6.92 Å². The van der Waals surface area contributed by atoms with Crippen LogP contribution < -0.4 is 9.47 Å². The smallest absolute Gasteiger partial charge is 0.222 e. The van der Waals surface area contributed by atoms with Crippen LogP contribution in [-0.4, -0.2) is 29.2 Å². The number of aromatic nitrogens is 3. The third-order valence-electron chi connectivity index (χ3n) is 3.58. The van der Waals surface area contributed by atoms with Gasteiger partial charge in [0.05, 0.1) is 31.6 Å². The Morgan fingerprint density at radius 3 is 2.48 bits per heavy atom. The molecule has 0 bridgehead atoms. The quantitative estimate of drug-likeness (QED) is 0.682. The predicted octanol–water partition coefficient (Wildman–Crippen LogP) is 3.81. The summed E-state index contributed by atoms with van der Waals surface area (Å²) < 4.78 is 25.1. The summed E-state index contributed by atoms with van der Waals surface area (Å²) in [4.78, 5) is 12.3. The van der Waals surface area contributed by atoms with Crippen LogP contribution in [0.2, 0.25) is 5.28 Å². The number of benzene rings is 1. The Morgan fingerprint density at radius 2 is 1.78 bits per heavy atom. The molecule has 0 unspecified atom stereocenters. The van der Waals surface area contributed by atoms with E-state index < -0.39 is 5.82 Å². The van der Waals surface area contributed by atoms with E-state index in [2.05, 4.69) is 15.0 Å². The molecule has 0 spiro atoms. The minimum Gasteiger partial charge on any atom is -0.496 e. The molecule has 1 aromatic carbocycles. The molecular weight excluding hydrogens is 321 g/mol. The molecule has 23 heavy (non-hydrogen) atoms. The third-order valence-corrected chi connectivity index (χ3v) is 3.76. The molecular formula is C16H13ClFN3O2. The van der Waals surface area contributed by atoms with Gasteiger partial charge in [0.2, 0.25) is 5.28 Å². The molecule has 7 heteroatoms. The van der Waals surface area contributed by atoms with Gasteiger partial charge in [-0.2, -0.15) is 0 Å². The van der Waals surface area contributed by atoms with Gasteiger partial charge in [-0.05, 0) is 24.6 Å². The first-order valence-corrected chi connectivity index (χ1v) is 7.12. The van der Waals surface area contributed by atoms with Crippen LogP contribution in [0, 0.1) is 12.7 Å². The summed E-state index contributed by atoms with van der Waals surface area (Å²) in [7, 11) is 2.92. The maximum Gasteiger partial charge on any atom is 0.222 e. The molecule has 5 nitrogen and oxygen atoms in total. The Balaban J connectivity index is 2.27. The van der Waals surface area contributed by atoms with E-state index in [4.69, 9.17) is 21.1 Å². The highest BCUT2D eigenvalue weighted by Crippen LogP contribution is 2.38. The van der Waals surface area contributed by atoms with E-state index in [-0.39, 0.29) is 11.0 Å². The number of ether oxygens (including phenoxy) is 2. The molecule has 3 rings (SSSR count). The first kappa shape index (κ1) is 15.4. The molecule has 0 saturated heterocycles. The van der Waals surface area contributed by atoms with Gasteiger partial charge in [0, 0.05) is 28.8 Å². The van der Waals surface area contributed by atoms with Gasteiger partial charge < -0.3 is 9.47 Å². The summed E-state index contributed by atoms with van der Waals surface area (Å²) in [5.41, 5.74) is 1.97. The second-order valence-corrected chi connectivity index (χ2v) is 5.20. The Hall–Kier alpha value is -2.47. The van der Waals surface area contributed by atoms with Crippen molar-refractivity contribution in [2.75, 3.05) is 14.2 Å². The van der Waals surface area contributed by atoms with Crippen LogP contribution in [0.15, 0.2) is 24.5 Å². The number of methoxy groups -OCH3 is 2. The summed E-state index contributed by atoms with van der Waals surface area (Å²) in [6.07, 6.45) is 3.10. The fourth-order valence-electron chi connectivity index (χ4n) is 2.42. The number of nitrogens with zero attached hydrogens (tertiary/aromatic N) is 3. The molecule has 0 aliphatic heterocycles. The van der Waals surface area contributed by atoms with Crippen LogP contribution in [0.3, 0.4) is 0 Å². The minimum atomic E-state index is -0.493. The van der Waals surface area contributed by atoms with Crippen molar-refractivity contribution in [2.24, 2.45) is 0 Å². The monoisotopic (exact) mass is 333 g/mol. The fourth-order valence-corrected chi connectivity index (χ4v) is 2.55. The molecule has 0 fully saturated rings. The van der Waals surface area contributed by atoms with E-state index in [1.165, 1.54) is 26.5 Å². The summed E-state index contributed by atoms with van der Waals surface area (Å²) in [5.74, 6) is 0.122. The van der Waals surface area contributed by atoms with Gasteiger partial charge in [0.1, 0.15) is 5.75 Å². The lowest BCUT2D eigenvalue weighted by atomic mass is 10.0. The van der Waals surface area contributed by atoms with E-state index in [0.717, 1.165) is 0 Å². The molecule has 0 N–H and O–H groups in total. The number of fused-ring (bicyclic) bond motifs is 1. The van der Waals surface area contributed by atoms with Crippen LogP contribution in [-0.2, 0) is 0 Å². The average molecular weight is 334 g/mol. The predicted molar refractivity (Wildman–Crippen MR) is 85.6 cm³/mol. The topological polar surface area (TPSA) is 57.1 Å². The van der Waals surface area contributed by atoms with Crippen molar-refractivity contribution in [3.05, 3.63) is 41.2 Å². The summed E-state index contributed by atoms with van der Waals surface area (Å²) in [5, 5.41) is 0.845. The van der Waals surface area contributed by atoms with Gasteiger partial charge in [-0.25, -0.2) is 14.4 Å². The second kappa shape index (κ2) is 5.96. The van der Waals surface area contributed by atoms with Crippen molar-refractivity contribution < 1.29 is 13.9 Å². The van der Waals surface area contributed by atoms with Crippen LogP contribution >= 0.6 is 11.6 Å². The number of hydrogen-bond donors (Lipinski definition) is 0. The summed E-state index contributed by atoms with van der Waals surface area (Å²) >= 11 is 5.76. The molecule has 0 aliphatic rings. The lowest BCUT2D eigenvalue weighted by molar-refractivity contribution is 0.373. The van der Waals surface area contributed by atoms with E-state index in [9.17, 15) is 4.39 Å². The zero-order chi connectivity index (χ0) is 16.6. The average Bonchev–Trinajstić information content (AvgIpc) is 2.55. The molecule has 2 heterocycles. The van der Waals surface area contributed by atoms with Gasteiger partial charge >= 0.3 is 0 Å². The largest absolute Gasteiger partial charge is 0.496 e. The van der Waals surface area contributed by atoms with Crippen LogP contribution in [0.4, 0.5) is 4.39 Å². The number of pyridine rings is 1. The normalized spacial score (nSPS) is 10.8. The van der Waals surface area contributed by atoms with Gasteiger partial charge in [-0.3, -0.25) is 4.98 Å². The fraction of sp³-hybridized carbons (Fsp3) is 0.188. The zero-order valence-corrected chi connectivity index (χ0v) is 13.5. The molecule has 0 saturated carbocycles. The first-order chi connectivity index (χ1) is 11.0.